The number of carbonyl (C=O) groups excluding carboxylic acids is 5. The van der Waals surface area contributed by atoms with E-state index in [1.165, 1.54) is 26.0 Å². The zero-order valence-electron chi connectivity index (χ0n) is 42.5. The van der Waals surface area contributed by atoms with Crippen LogP contribution in [0.5, 0.6) is 0 Å². The fourth-order valence-electron chi connectivity index (χ4n) is 10.2. The minimum absolute atomic E-state index is 0.00203. The summed E-state index contributed by atoms with van der Waals surface area (Å²) in [6, 6.07) is 15.7. The van der Waals surface area contributed by atoms with E-state index < -0.39 is 123 Å². The average Bonchev–Trinajstić information content (AvgIpc) is 3.24. The quantitative estimate of drug-likeness (QED) is 0.0986. The summed E-state index contributed by atoms with van der Waals surface area (Å²) < 4.78 is 36.9. The number of amides is 1. The molecule has 1 heterocycles. The Balaban J connectivity index is 0.00000426. The predicted molar refractivity (Wildman–Crippen MR) is 258 cm³/mol. The van der Waals surface area contributed by atoms with E-state index >= 15 is 9.59 Å². The number of rotatable bonds is 11. The Morgan fingerprint density at radius 1 is 0.912 bits per heavy atom. The molecular weight excluding hydrogens is 895 g/mol. The van der Waals surface area contributed by atoms with E-state index in [1.54, 1.807) is 90.1 Å². The van der Waals surface area contributed by atoms with Gasteiger partial charge in [-0.15, -0.1) is 10.3 Å². The van der Waals surface area contributed by atoms with Crippen molar-refractivity contribution in [1.82, 2.24) is 5.32 Å². The zero-order valence-corrected chi connectivity index (χ0v) is 43.3. The molecule has 1 amide bonds. The molecule has 4 N–H and O–H groups in total. The van der Waals surface area contributed by atoms with Gasteiger partial charge in [0.2, 0.25) is 0 Å². The number of aliphatic hydroxyl groups excluding tert-OH is 2. The van der Waals surface area contributed by atoms with Crippen molar-refractivity contribution in [3.05, 3.63) is 82.9 Å². The summed E-state index contributed by atoms with van der Waals surface area (Å²) in [6.07, 6.45) is -5.13. The number of ether oxygens (including phenoxy) is 5. The average molecular weight is 970 g/mol. The summed E-state index contributed by atoms with van der Waals surface area (Å²) in [6.45, 7) is 22.1. The van der Waals surface area contributed by atoms with Gasteiger partial charge in [-0.2, -0.15) is 0 Å². The fraction of sp³-hybridized carbons (Fsp3) is 0.635. The highest BCUT2D eigenvalue weighted by Gasteiger charge is 2.78. The third-order valence-electron chi connectivity index (χ3n) is 14.7. The van der Waals surface area contributed by atoms with Gasteiger partial charge < -0.3 is 48.5 Å². The molecule has 2 aromatic carbocycles. The molecule has 2 bridgehead atoms. The molecule has 3 fully saturated rings. The molecule has 16 heteroatoms. The van der Waals surface area contributed by atoms with Crippen LogP contribution in [0.1, 0.15) is 125 Å². The van der Waals surface area contributed by atoms with Crippen molar-refractivity contribution in [3.8, 4) is 0 Å². The number of hydrogen-bond donors (Lipinski definition) is 4. The number of carbonyl (C=O) groups is 5. The van der Waals surface area contributed by atoms with Crippen LogP contribution in [0.3, 0.4) is 0 Å². The predicted octanol–water partition coefficient (Wildman–Crippen LogP) is 7.34. The van der Waals surface area contributed by atoms with Gasteiger partial charge in [0.05, 0.1) is 42.3 Å². The lowest BCUT2D eigenvalue weighted by molar-refractivity contribution is -0.346. The normalized spacial score (nSPS) is 31.0. The standard InChI is InChI=1S/C50H69NO14S.C2H6/c1-28-33(62-43(57)32(26-61-66(12,13)46(6,7)8)37(30-20-16-14-17-21-30)51-44(58)65-45(3,4)5)25-50(59)41(63-42(56)31-22-18-15-19-23-31)39-48(11,40(55)38(54)36(28)47(50,9)10)34(53)24-35-49(39,27-60-35)64-29(2)52;1-2/h14-23,32-35,37-39,41,53-54,59H,24-27H2,1-13H3,(H,51,58);1-2H3/t32-,33+,34+,35?,37+,38?,39?,41+,48-,49+,50?;/m1./s1. The number of ketones is 1. The van der Waals surface area contributed by atoms with Crippen LogP contribution in [0.4, 0.5) is 4.79 Å². The lowest BCUT2D eigenvalue weighted by Crippen LogP contribution is -2.81. The highest BCUT2D eigenvalue weighted by molar-refractivity contribution is 8.29. The van der Waals surface area contributed by atoms with Gasteiger partial charge >= 0.3 is 24.0 Å². The molecule has 0 radical (unpaired) electrons. The summed E-state index contributed by atoms with van der Waals surface area (Å²) in [5, 5.41) is 41.1. The van der Waals surface area contributed by atoms with Crippen molar-refractivity contribution in [2.24, 2.45) is 22.7 Å². The second-order valence-electron chi connectivity index (χ2n) is 21.4. The van der Waals surface area contributed by atoms with E-state index in [0.29, 0.717) is 5.56 Å². The third-order valence-corrected chi connectivity index (χ3v) is 18.4. The molecule has 6 rings (SSSR count). The van der Waals surface area contributed by atoms with Crippen molar-refractivity contribution >= 4 is 40.1 Å². The third kappa shape index (κ3) is 10.0. The number of esters is 3. The van der Waals surface area contributed by atoms with E-state index in [-0.39, 0.29) is 41.1 Å². The lowest BCUT2D eigenvalue weighted by Gasteiger charge is -2.67. The largest absolute Gasteiger partial charge is 0.457 e. The van der Waals surface area contributed by atoms with Crippen LogP contribution in [0, 0.1) is 22.7 Å². The molecule has 68 heavy (non-hydrogen) atoms. The van der Waals surface area contributed by atoms with Gasteiger partial charge in [0, 0.05) is 29.9 Å². The second-order valence-corrected chi connectivity index (χ2v) is 25.3. The number of benzene rings is 2. The first-order valence-corrected chi connectivity index (χ1v) is 25.8. The first-order chi connectivity index (χ1) is 31.4. The zero-order chi connectivity index (χ0) is 51.2. The Hall–Kier alpha value is -4.32. The molecule has 378 valence electrons. The van der Waals surface area contributed by atoms with Crippen LogP contribution in [0.2, 0.25) is 0 Å². The number of aliphatic hydroxyl groups is 3. The first-order valence-electron chi connectivity index (χ1n) is 23.5. The molecule has 1 saturated heterocycles. The van der Waals surface area contributed by atoms with Crippen molar-refractivity contribution in [2.45, 2.75) is 161 Å². The molecule has 0 aromatic heterocycles. The van der Waals surface area contributed by atoms with Crippen molar-refractivity contribution < 1.29 is 67.2 Å². The minimum Gasteiger partial charge on any atom is -0.457 e. The molecule has 2 saturated carbocycles. The highest BCUT2D eigenvalue weighted by atomic mass is 32.3. The minimum atomic E-state index is -2.33. The van der Waals surface area contributed by atoms with Gasteiger partial charge in [-0.05, 0) is 76.0 Å². The highest BCUT2D eigenvalue weighted by Crippen LogP contribution is 2.64. The maximum atomic E-state index is 15.2. The van der Waals surface area contributed by atoms with Gasteiger partial charge in [-0.1, -0.05) is 97.0 Å². The van der Waals surface area contributed by atoms with Crippen LogP contribution in [-0.2, 0) is 42.3 Å². The molecule has 3 aliphatic carbocycles. The van der Waals surface area contributed by atoms with Gasteiger partial charge in [-0.25, -0.2) is 9.59 Å². The van der Waals surface area contributed by atoms with Crippen LogP contribution in [0.15, 0.2) is 71.8 Å². The number of nitrogens with one attached hydrogen (secondary N) is 1. The Bertz CT molecular complexity index is 2220. The summed E-state index contributed by atoms with van der Waals surface area (Å²) in [4.78, 5) is 71.4. The van der Waals surface area contributed by atoms with Crippen LogP contribution < -0.4 is 5.32 Å². The lowest BCUT2D eigenvalue weighted by atomic mass is 9.44. The topological polar surface area (TPSA) is 213 Å². The van der Waals surface area contributed by atoms with Crippen LogP contribution >= 0.6 is 10.3 Å². The van der Waals surface area contributed by atoms with E-state index in [4.69, 9.17) is 27.9 Å². The fourth-order valence-corrected chi connectivity index (χ4v) is 11.1. The van der Waals surface area contributed by atoms with Gasteiger partial charge in [0.25, 0.3) is 0 Å². The maximum absolute atomic E-state index is 15.2. The Morgan fingerprint density at radius 2 is 1.49 bits per heavy atom. The summed E-state index contributed by atoms with van der Waals surface area (Å²) in [5.41, 5.74) is -7.67. The summed E-state index contributed by atoms with van der Waals surface area (Å²) in [7, 11) is -1.87. The molecular formula is C52H75NO14S. The monoisotopic (exact) mass is 969 g/mol. The van der Waals surface area contributed by atoms with Crippen molar-refractivity contribution in [1.29, 1.82) is 0 Å². The molecule has 2 aromatic rings. The van der Waals surface area contributed by atoms with Crippen LogP contribution in [-0.4, -0.2) is 123 Å². The molecule has 4 aliphatic rings. The SMILES string of the molecule is CC.CC(=O)O[C@@]12COC1C[C@H](O)[C@@]1(C)C(=O)C(O)C3=C(C)[C@@H](OC(=O)[C@H](COS(C)(C)C(C)(C)C)[C@@H](NC(=O)OC(C)(C)C)c4ccccc4)CC(O)([C@@H](OC(=O)c4ccccc4)C21)C3(C)C. The molecule has 1 aliphatic heterocycles. The van der Waals surface area contributed by atoms with Gasteiger partial charge in [-0.3, -0.25) is 14.4 Å². The molecule has 4 unspecified atom stereocenters. The van der Waals surface area contributed by atoms with Gasteiger partial charge in [0.1, 0.15) is 41.5 Å². The number of Topliss-reactive ketones (excluding diaryl/α,β-unsaturated/α-hetero) is 1. The van der Waals surface area contributed by atoms with Crippen molar-refractivity contribution in [3.63, 3.8) is 0 Å². The summed E-state index contributed by atoms with van der Waals surface area (Å²) >= 11 is 0. The number of alkyl carbamates (subject to hydrolysis) is 1. The first kappa shape index (κ1) is 54.6. The second kappa shape index (κ2) is 19.8. The smallest absolute Gasteiger partial charge is 0.408 e. The van der Waals surface area contributed by atoms with Crippen molar-refractivity contribution in [2.75, 3.05) is 25.7 Å². The Labute approximate surface area is 403 Å². The van der Waals surface area contributed by atoms with E-state index in [0.717, 1.165) is 0 Å². The summed E-state index contributed by atoms with van der Waals surface area (Å²) in [5.74, 6) is -6.11. The van der Waals surface area contributed by atoms with E-state index in [2.05, 4.69) is 5.32 Å². The number of hydrogen-bond acceptors (Lipinski definition) is 14. The number of fused-ring (bicyclic) bond motifs is 5. The van der Waals surface area contributed by atoms with Crippen LogP contribution in [0.25, 0.3) is 0 Å². The van der Waals surface area contributed by atoms with Gasteiger partial charge in [0.15, 0.2) is 11.4 Å². The molecule has 11 atom stereocenters. The van der Waals surface area contributed by atoms with E-state index in [1.807, 2.05) is 47.1 Å². The maximum Gasteiger partial charge on any atom is 0.408 e. The molecule has 0 spiro atoms. The Morgan fingerprint density at radius 3 is 2.00 bits per heavy atom. The van der Waals surface area contributed by atoms with E-state index in [9.17, 15) is 29.7 Å². The molecule has 15 nitrogen and oxygen atoms in total. The Kier molecular flexibility index (Phi) is 15.9.